The van der Waals surface area contributed by atoms with Gasteiger partial charge in [-0.1, -0.05) is 22.0 Å². The van der Waals surface area contributed by atoms with Crippen molar-refractivity contribution >= 4 is 21.7 Å². The molecule has 112 valence electrons. The van der Waals surface area contributed by atoms with E-state index in [9.17, 15) is 18.3 Å². The average molecular weight is 361 g/mol. The molecule has 1 unspecified atom stereocenters. The maximum Gasteiger partial charge on any atom is 0.416 e. The fourth-order valence-corrected chi connectivity index (χ4v) is 2.36. The van der Waals surface area contributed by atoms with Gasteiger partial charge >= 0.3 is 6.18 Å². The molecule has 1 heterocycles. The van der Waals surface area contributed by atoms with E-state index in [1.807, 2.05) is 0 Å². The minimum absolute atomic E-state index is 0.00384. The van der Waals surface area contributed by atoms with Crippen LogP contribution < -0.4 is 5.73 Å². The monoisotopic (exact) mass is 360 g/mol. The Morgan fingerprint density at radius 1 is 1.24 bits per heavy atom. The van der Waals surface area contributed by atoms with E-state index in [2.05, 4.69) is 20.9 Å². The van der Waals surface area contributed by atoms with Gasteiger partial charge in [0.05, 0.1) is 5.56 Å². The molecule has 0 fully saturated rings. The number of nitrogens with zero attached hydrogens (tertiary/aromatic N) is 1. The van der Waals surface area contributed by atoms with Crippen LogP contribution in [0, 0.1) is 6.92 Å². The average Bonchev–Trinajstić information content (AvgIpc) is 2.40. The number of aliphatic hydroxyl groups is 1. The van der Waals surface area contributed by atoms with Gasteiger partial charge in [0, 0.05) is 16.2 Å². The van der Waals surface area contributed by atoms with E-state index in [0.29, 0.717) is 5.56 Å². The van der Waals surface area contributed by atoms with Crippen molar-refractivity contribution < 1.29 is 18.3 Å². The van der Waals surface area contributed by atoms with Crippen molar-refractivity contribution in [2.45, 2.75) is 19.2 Å². The van der Waals surface area contributed by atoms with Gasteiger partial charge in [-0.2, -0.15) is 13.2 Å². The number of halogens is 4. The number of aryl methyl sites for hydroxylation is 1. The third-order valence-corrected chi connectivity index (χ3v) is 3.49. The Morgan fingerprint density at radius 3 is 2.52 bits per heavy atom. The summed E-state index contributed by atoms with van der Waals surface area (Å²) in [6.45, 7) is 1.72. The summed E-state index contributed by atoms with van der Waals surface area (Å²) >= 11 is 3.00. The van der Waals surface area contributed by atoms with Gasteiger partial charge in [0.1, 0.15) is 11.9 Å². The lowest BCUT2D eigenvalue weighted by Crippen LogP contribution is -2.14. The molecule has 0 radical (unpaired) electrons. The van der Waals surface area contributed by atoms with Crippen molar-refractivity contribution in [2.75, 3.05) is 5.73 Å². The van der Waals surface area contributed by atoms with E-state index in [4.69, 9.17) is 5.73 Å². The topological polar surface area (TPSA) is 59.1 Å². The first kappa shape index (κ1) is 15.8. The molecule has 21 heavy (non-hydrogen) atoms. The second-order valence-corrected chi connectivity index (χ2v) is 5.53. The lowest BCUT2D eigenvalue weighted by Gasteiger charge is -2.19. The maximum atomic E-state index is 13.1. The predicted octanol–water partition coefficient (Wildman–Crippen LogP) is 3.84. The Bertz CT molecular complexity index is 674. The summed E-state index contributed by atoms with van der Waals surface area (Å²) in [6.07, 6.45) is -4.59. The quantitative estimate of drug-likeness (QED) is 0.855. The van der Waals surface area contributed by atoms with E-state index in [-0.39, 0.29) is 21.4 Å². The normalized spacial score (nSPS) is 13.2. The fourth-order valence-electron chi connectivity index (χ4n) is 2.00. The van der Waals surface area contributed by atoms with Crippen LogP contribution in [0.2, 0.25) is 0 Å². The van der Waals surface area contributed by atoms with Crippen LogP contribution in [0.25, 0.3) is 0 Å². The highest BCUT2D eigenvalue weighted by Crippen LogP contribution is 2.38. The smallest absolute Gasteiger partial charge is 0.384 e. The number of nitrogen functional groups attached to an aromatic ring is 1. The highest BCUT2D eigenvalue weighted by atomic mass is 79.9. The first-order valence-corrected chi connectivity index (χ1v) is 6.76. The summed E-state index contributed by atoms with van der Waals surface area (Å²) in [5.41, 5.74) is 5.34. The zero-order chi connectivity index (χ0) is 15.8. The van der Waals surface area contributed by atoms with Gasteiger partial charge in [0.15, 0.2) is 0 Å². The molecule has 3 N–H and O–H groups in total. The van der Waals surface area contributed by atoms with Crippen molar-refractivity contribution in [1.29, 1.82) is 0 Å². The van der Waals surface area contributed by atoms with Gasteiger partial charge in [-0.05, 0) is 36.2 Å². The number of alkyl halides is 3. The lowest BCUT2D eigenvalue weighted by molar-refractivity contribution is -0.139. The van der Waals surface area contributed by atoms with Crippen molar-refractivity contribution in [3.05, 3.63) is 57.2 Å². The van der Waals surface area contributed by atoms with E-state index in [1.165, 1.54) is 24.4 Å². The Balaban J connectivity index is 2.58. The van der Waals surface area contributed by atoms with Gasteiger partial charge in [-0.15, -0.1) is 0 Å². The Hall–Kier alpha value is -1.60. The molecular weight excluding hydrogens is 349 g/mol. The Kier molecular flexibility index (Phi) is 4.25. The number of hydrogen-bond acceptors (Lipinski definition) is 3. The van der Waals surface area contributed by atoms with Crippen LogP contribution in [0.1, 0.15) is 28.4 Å². The summed E-state index contributed by atoms with van der Waals surface area (Å²) in [5.74, 6) is 0.00384. The summed E-state index contributed by atoms with van der Waals surface area (Å²) in [4.78, 5) is 3.86. The number of aliphatic hydroxyl groups excluding tert-OH is 1. The molecule has 2 aromatic rings. The Labute approximate surface area is 127 Å². The summed E-state index contributed by atoms with van der Waals surface area (Å²) in [6, 6.07) is 5.11. The van der Waals surface area contributed by atoms with Gasteiger partial charge in [-0.3, -0.25) is 0 Å². The Morgan fingerprint density at radius 2 is 1.90 bits per heavy atom. The van der Waals surface area contributed by atoms with Gasteiger partial charge in [-0.25, -0.2) is 4.98 Å². The molecule has 0 aliphatic rings. The first-order valence-electron chi connectivity index (χ1n) is 5.97. The van der Waals surface area contributed by atoms with E-state index >= 15 is 0 Å². The molecule has 0 saturated heterocycles. The standard InChI is InChI=1S/C14H12BrF3N2O/c1-7-4-10(13(19)20-6-7)12(21)9-3-2-8(15)5-11(9)14(16,17)18/h2-6,12,21H,1H3,(H2,19,20). The van der Waals surface area contributed by atoms with Crippen molar-refractivity contribution in [3.8, 4) is 0 Å². The van der Waals surface area contributed by atoms with E-state index < -0.39 is 17.8 Å². The predicted molar refractivity (Wildman–Crippen MR) is 76.6 cm³/mol. The third-order valence-electron chi connectivity index (χ3n) is 3.00. The van der Waals surface area contributed by atoms with Crippen molar-refractivity contribution in [2.24, 2.45) is 0 Å². The maximum absolute atomic E-state index is 13.1. The van der Waals surface area contributed by atoms with Crippen LogP contribution >= 0.6 is 15.9 Å². The molecular formula is C14H12BrF3N2O. The highest BCUT2D eigenvalue weighted by molar-refractivity contribution is 9.10. The summed E-state index contributed by atoms with van der Waals surface area (Å²) in [5, 5.41) is 10.3. The minimum Gasteiger partial charge on any atom is -0.384 e. The van der Waals surface area contributed by atoms with Gasteiger partial charge in [0.25, 0.3) is 0 Å². The number of nitrogens with two attached hydrogens (primary N) is 1. The van der Waals surface area contributed by atoms with Crippen LogP contribution in [0.3, 0.4) is 0 Å². The molecule has 7 heteroatoms. The van der Waals surface area contributed by atoms with Crippen molar-refractivity contribution in [3.63, 3.8) is 0 Å². The minimum atomic E-state index is -4.58. The molecule has 0 aliphatic heterocycles. The van der Waals surface area contributed by atoms with Crippen molar-refractivity contribution in [1.82, 2.24) is 4.98 Å². The SMILES string of the molecule is Cc1cnc(N)c(C(O)c2ccc(Br)cc2C(F)(F)F)c1. The van der Waals surface area contributed by atoms with Gasteiger partial charge in [0.2, 0.25) is 0 Å². The zero-order valence-corrected chi connectivity index (χ0v) is 12.5. The van der Waals surface area contributed by atoms with Crippen LogP contribution in [0.15, 0.2) is 34.9 Å². The van der Waals surface area contributed by atoms with Gasteiger partial charge < -0.3 is 10.8 Å². The summed E-state index contributed by atoms with van der Waals surface area (Å²) in [7, 11) is 0. The molecule has 3 nitrogen and oxygen atoms in total. The molecule has 2 rings (SSSR count). The molecule has 1 atom stereocenters. The van der Waals surface area contributed by atoms with Crippen LogP contribution in [0.4, 0.5) is 19.0 Å². The van der Waals surface area contributed by atoms with Crippen LogP contribution in [0.5, 0.6) is 0 Å². The second-order valence-electron chi connectivity index (χ2n) is 4.62. The molecule has 1 aromatic heterocycles. The molecule has 1 aromatic carbocycles. The van der Waals surface area contributed by atoms with E-state index in [0.717, 1.165) is 6.07 Å². The van der Waals surface area contributed by atoms with Crippen LogP contribution in [-0.2, 0) is 6.18 Å². The van der Waals surface area contributed by atoms with Crippen LogP contribution in [-0.4, -0.2) is 10.1 Å². The molecule has 0 amide bonds. The number of rotatable bonds is 2. The number of pyridine rings is 1. The number of hydrogen-bond donors (Lipinski definition) is 2. The zero-order valence-electron chi connectivity index (χ0n) is 10.9. The molecule has 0 saturated carbocycles. The number of aromatic nitrogens is 1. The highest BCUT2D eigenvalue weighted by Gasteiger charge is 2.35. The van der Waals surface area contributed by atoms with E-state index in [1.54, 1.807) is 6.92 Å². The molecule has 0 aliphatic carbocycles. The molecule has 0 spiro atoms. The summed E-state index contributed by atoms with van der Waals surface area (Å²) < 4.78 is 39.6. The second kappa shape index (κ2) is 5.65. The largest absolute Gasteiger partial charge is 0.416 e. The number of anilines is 1. The fraction of sp³-hybridized carbons (Fsp3) is 0.214. The number of benzene rings is 1. The lowest BCUT2D eigenvalue weighted by atomic mass is 9.96. The third kappa shape index (κ3) is 3.36. The first-order chi connectivity index (χ1) is 9.70. The molecule has 0 bridgehead atoms.